The smallest absolute Gasteiger partial charge is 0.139 e. The summed E-state index contributed by atoms with van der Waals surface area (Å²) in [7, 11) is 2.26. The highest BCUT2D eigenvalue weighted by molar-refractivity contribution is 5.67. The molecule has 0 amide bonds. The van der Waals surface area contributed by atoms with E-state index in [4.69, 9.17) is 0 Å². The van der Waals surface area contributed by atoms with Crippen LogP contribution in [0.2, 0.25) is 0 Å². The van der Waals surface area contributed by atoms with E-state index in [0.717, 1.165) is 37.1 Å². The Labute approximate surface area is 139 Å². The molecular formula is C18H29N5. The van der Waals surface area contributed by atoms with E-state index in [9.17, 15) is 0 Å². The van der Waals surface area contributed by atoms with Crippen LogP contribution in [0.5, 0.6) is 0 Å². The number of anilines is 1. The summed E-state index contributed by atoms with van der Waals surface area (Å²) in [6.45, 7) is 8.74. The molecule has 1 aromatic rings. The lowest BCUT2D eigenvalue weighted by molar-refractivity contribution is 0.308. The second kappa shape index (κ2) is 7.30. The normalized spacial score (nSPS) is 23.6. The number of rotatable bonds is 6. The van der Waals surface area contributed by atoms with Gasteiger partial charge >= 0.3 is 0 Å². The number of nitrogens with one attached hydrogen (secondary N) is 1. The molecule has 3 heterocycles. The Morgan fingerprint density at radius 3 is 3.00 bits per heavy atom. The Morgan fingerprint density at radius 2 is 2.26 bits per heavy atom. The number of unbranched alkanes of at least 4 members (excludes halogenated alkanes) is 1. The maximum absolute atomic E-state index is 4.65. The van der Waals surface area contributed by atoms with Crippen molar-refractivity contribution >= 4 is 11.9 Å². The predicted octanol–water partition coefficient (Wildman–Crippen LogP) is 2.50. The summed E-state index contributed by atoms with van der Waals surface area (Å²) in [6.07, 6.45) is 9.54. The van der Waals surface area contributed by atoms with Crippen molar-refractivity contribution in [2.45, 2.75) is 45.7 Å². The second-order valence-electron chi connectivity index (χ2n) is 7.01. The molecule has 0 spiro atoms. The average Bonchev–Trinajstić information content (AvgIpc) is 2.88. The van der Waals surface area contributed by atoms with Crippen molar-refractivity contribution in [3.8, 4) is 0 Å². The third-order valence-electron chi connectivity index (χ3n) is 4.99. The maximum Gasteiger partial charge on any atom is 0.139 e. The molecule has 1 N–H and O–H groups in total. The summed E-state index contributed by atoms with van der Waals surface area (Å²) in [5, 5.41) is 3.24. The van der Waals surface area contributed by atoms with Gasteiger partial charge in [0.1, 0.15) is 12.1 Å². The van der Waals surface area contributed by atoms with Crippen LogP contribution in [-0.2, 0) is 6.54 Å². The first kappa shape index (κ1) is 16.2. The molecule has 2 unspecified atom stereocenters. The van der Waals surface area contributed by atoms with Gasteiger partial charge in [-0.25, -0.2) is 9.97 Å². The van der Waals surface area contributed by atoms with E-state index in [0.29, 0.717) is 6.04 Å². The Kier molecular flexibility index (Phi) is 5.16. The van der Waals surface area contributed by atoms with Crippen molar-refractivity contribution in [3.05, 3.63) is 23.8 Å². The van der Waals surface area contributed by atoms with Gasteiger partial charge in [0.2, 0.25) is 0 Å². The van der Waals surface area contributed by atoms with Crippen molar-refractivity contribution in [2.24, 2.45) is 5.92 Å². The third kappa shape index (κ3) is 3.66. The highest BCUT2D eigenvalue weighted by Gasteiger charge is 2.29. The van der Waals surface area contributed by atoms with Gasteiger partial charge in [-0.3, -0.25) is 0 Å². The van der Waals surface area contributed by atoms with Gasteiger partial charge < -0.3 is 15.1 Å². The van der Waals surface area contributed by atoms with E-state index in [-0.39, 0.29) is 0 Å². The van der Waals surface area contributed by atoms with Gasteiger partial charge in [0.25, 0.3) is 0 Å². The molecular weight excluding hydrogens is 286 g/mol. The van der Waals surface area contributed by atoms with Crippen LogP contribution in [-0.4, -0.2) is 47.6 Å². The van der Waals surface area contributed by atoms with Gasteiger partial charge in [-0.1, -0.05) is 20.3 Å². The largest absolute Gasteiger partial charge is 0.385 e. The molecule has 1 aromatic heterocycles. The molecule has 0 radical (unpaired) electrons. The molecule has 0 aromatic carbocycles. The molecule has 2 aliphatic rings. The minimum Gasteiger partial charge on any atom is -0.385 e. The summed E-state index contributed by atoms with van der Waals surface area (Å²) < 4.78 is 0. The van der Waals surface area contributed by atoms with E-state index in [1.165, 1.54) is 31.4 Å². The van der Waals surface area contributed by atoms with Crippen LogP contribution in [0.25, 0.3) is 6.08 Å². The molecule has 23 heavy (non-hydrogen) atoms. The summed E-state index contributed by atoms with van der Waals surface area (Å²) in [4.78, 5) is 14.1. The lowest BCUT2D eigenvalue weighted by Crippen LogP contribution is -2.40. The van der Waals surface area contributed by atoms with Crippen LogP contribution < -0.4 is 10.2 Å². The number of aromatic nitrogens is 2. The number of hydrogen-bond acceptors (Lipinski definition) is 5. The van der Waals surface area contributed by atoms with E-state index in [1.807, 2.05) is 6.20 Å². The Bertz CT molecular complexity index is 556. The molecule has 1 fully saturated rings. The van der Waals surface area contributed by atoms with Crippen LogP contribution >= 0.6 is 0 Å². The molecule has 5 heteroatoms. The number of likely N-dealkylation sites (tertiary alicyclic amines) is 1. The monoisotopic (exact) mass is 315 g/mol. The van der Waals surface area contributed by atoms with Gasteiger partial charge in [0.05, 0.1) is 12.2 Å². The summed E-state index contributed by atoms with van der Waals surface area (Å²) in [6, 6.07) is 0.623. The molecule has 0 saturated carbocycles. The zero-order valence-electron chi connectivity index (χ0n) is 14.6. The van der Waals surface area contributed by atoms with Gasteiger partial charge in [0, 0.05) is 31.2 Å². The molecule has 0 bridgehead atoms. The van der Waals surface area contributed by atoms with Gasteiger partial charge in [0.15, 0.2) is 0 Å². The topological polar surface area (TPSA) is 44.3 Å². The van der Waals surface area contributed by atoms with Crippen LogP contribution in [0, 0.1) is 5.92 Å². The average molecular weight is 315 g/mol. The van der Waals surface area contributed by atoms with E-state index in [1.54, 1.807) is 6.33 Å². The van der Waals surface area contributed by atoms with Gasteiger partial charge in [-0.05, 0) is 38.1 Å². The quantitative estimate of drug-likeness (QED) is 0.874. The van der Waals surface area contributed by atoms with E-state index in [2.05, 4.69) is 52.1 Å². The predicted molar refractivity (Wildman–Crippen MR) is 95.2 cm³/mol. The SMILES string of the molecule is CCCCN(CC1CC(C)CN1C)c1ncnc2c1C=CNC2. The maximum atomic E-state index is 4.65. The first-order valence-electron chi connectivity index (χ1n) is 8.88. The van der Waals surface area contributed by atoms with E-state index >= 15 is 0 Å². The van der Waals surface area contributed by atoms with Gasteiger partial charge in [-0.15, -0.1) is 0 Å². The number of likely N-dealkylation sites (N-methyl/N-ethyl adjacent to an activating group) is 1. The molecule has 5 nitrogen and oxygen atoms in total. The second-order valence-corrected chi connectivity index (χ2v) is 7.01. The van der Waals surface area contributed by atoms with Gasteiger partial charge in [-0.2, -0.15) is 0 Å². The molecule has 3 rings (SSSR count). The summed E-state index contributed by atoms with van der Waals surface area (Å²) in [5.41, 5.74) is 2.29. The van der Waals surface area contributed by atoms with Crippen molar-refractivity contribution in [1.29, 1.82) is 0 Å². The standard InChI is InChI=1S/C18H29N5/c1-4-5-8-23(12-15-9-14(2)11-22(15)3)18-16-6-7-19-10-17(16)20-13-21-18/h6-7,13-15,19H,4-5,8-12H2,1-3H3. The minimum atomic E-state index is 0.623. The molecule has 1 saturated heterocycles. The number of hydrogen-bond donors (Lipinski definition) is 1. The highest BCUT2D eigenvalue weighted by atomic mass is 15.3. The van der Waals surface area contributed by atoms with Crippen LogP contribution in [0.15, 0.2) is 12.5 Å². The zero-order valence-corrected chi connectivity index (χ0v) is 14.6. The van der Waals surface area contributed by atoms with Crippen LogP contribution in [0.3, 0.4) is 0 Å². The first-order chi connectivity index (χ1) is 11.2. The Hall–Kier alpha value is -1.62. The van der Waals surface area contributed by atoms with Crippen molar-refractivity contribution < 1.29 is 0 Å². The lowest BCUT2D eigenvalue weighted by atomic mass is 10.1. The fraction of sp³-hybridized carbons (Fsp3) is 0.667. The van der Waals surface area contributed by atoms with Crippen molar-refractivity contribution in [3.63, 3.8) is 0 Å². The van der Waals surface area contributed by atoms with E-state index < -0.39 is 0 Å². The Balaban J connectivity index is 1.83. The summed E-state index contributed by atoms with van der Waals surface area (Å²) >= 11 is 0. The number of fused-ring (bicyclic) bond motifs is 1. The fourth-order valence-electron chi connectivity index (χ4n) is 3.74. The molecule has 2 atom stereocenters. The lowest BCUT2D eigenvalue weighted by Gasteiger charge is -2.31. The van der Waals surface area contributed by atoms with Crippen LogP contribution in [0.4, 0.5) is 5.82 Å². The summed E-state index contributed by atoms with van der Waals surface area (Å²) in [5.74, 6) is 1.90. The minimum absolute atomic E-state index is 0.623. The number of nitrogens with zero attached hydrogens (tertiary/aromatic N) is 4. The zero-order chi connectivity index (χ0) is 16.2. The van der Waals surface area contributed by atoms with Crippen LogP contribution in [0.1, 0.15) is 44.4 Å². The third-order valence-corrected chi connectivity index (χ3v) is 4.99. The first-order valence-corrected chi connectivity index (χ1v) is 8.88. The highest BCUT2D eigenvalue weighted by Crippen LogP contribution is 2.27. The van der Waals surface area contributed by atoms with Crippen molar-refractivity contribution in [2.75, 3.05) is 31.6 Å². The molecule has 2 aliphatic heterocycles. The fourth-order valence-corrected chi connectivity index (χ4v) is 3.74. The Morgan fingerprint density at radius 1 is 1.39 bits per heavy atom. The molecule has 126 valence electrons. The molecule has 0 aliphatic carbocycles. The van der Waals surface area contributed by atoms with Crippen molar-refractivity contribution in [1.82, 2.24) is 20.2 Å².